The molecule has 2 rings (SSSR count). The van der Waals surface area contributed by atoms with Crippen LogP contribution in [0.25, 0.3) is 0 Å². The van der Waals surface area contributed by atoms with Crippen LogP contribution in [-0.2, 0) is 10.0 Å². The van der Waals surface area contributed by atoms with E-state index >= 15 is 0 Å². The molecule has 1 aliphatic rings. The Hall–Kier alpha value is -0.110. The summed E-state index contributed by atoms with van der Waals surface area (Å²) in [4.78, 5) is 0.0000140. The van der Waals surface area contributed by atoms with Crippen molar-refractivity contribution in [1.82, 2.24) is 4.72 Å². The highest BCUT2D eigenvalue weighted by Gasteiger charge is 2.26. The minimum absolute atomic E-state index is 0.0000140. The number of aliphatic hydroxyl groups excluding tert-OH is 1. The molecule has 0 fully saturated rings. The third-order valence-corrected chi connectivity index (χ3v) is 5.87. The summed E-state index contributed by atoms with van der Waals surface area (Å²) >= 11 is 12.6. The standard InChI is InChI=1S/C10H11Cl2NO3S2/c11-9-4-8(10(12)17-9)18(15,16)13-7-2-1-6(3-7)5-14/h1-2,4,6-7,13-14H,3,5H2/t6-,7+/m0/s1. The van der Waals surface area contributed by atoms with E-state index in [-0.39, 0.29) is 27.8 Å². The second-order valence-electron chi connectivity index (χ2n) is 3.98. The van der Waals surface area contributed by atoms with E-state index in [0.717, 1.165) is 11.3 Å². The summed E-state index contributed by atoms with van der Waals surface area (Å²) in [6.45, 7) is 0.0137. The molecule has 0 saturated carbocycles. The fourth-order valence-electron chi connectivity index (χ4n) is 1.77. The van der Waals surface area contributed by atoms with E-state index < -0.39 is 10.0 Å². The average molecular weight is 328 g/mol. The van der Waals surface area contributed by atoms with Crippen molar-refractivity contribution in [1.29, 1.82) is 0 Å². The molecule has 100 valence electrons. The molecule has 4 nitrogen and oxygen atoms in total. The first-order valence-electron chi connectivity index (χ1n) is 5.18. The molecule has 0 radical (unpaired) electrons. The molecular formula is C10H11Cl2NO3S2. The van der Waals surface area contributed by atoms with Gasteiger partial charge < -0.3 is 5.11 Å². The lowest BCUT2D eigenvalue weighted by Gasteiger charge is -2.12. The molecular weight excluding hydrogens is 317 g/mol. The van der Waals surface area contributed by atoms with Crippen molar-refractivity contribution in [2.24, 2.45) is 5.92 Å². The molecule has 0 unspecified atom stereocenters. The Morgan fingerprint density at radius 2 is 2.17 bits per heavy atom. The van der Waals surface area contributed by atoms with Crippen LogP contribution in [-0.4, -0.2) is 26.2 Å². The van der Waals surface area contributed by atoms with Crippen LogP contribution < -0.4 is 4.72 Å². The monoisotopic (exact) mass is 327 g/mol. The summed E-state index contributed by atoms with van der Waals surface area (Å²) < 4.78 is 27.2. The molecule has 0 bridgehead atoms. The lowest BCUT2D eigenvalue weighted by molar-refractivity contribution is 0.248. The Kier molecular flexibility index (Phi) is 4.36. The van der Waals surface area contributed by atoms with Crippen LogP contribution in [0.3, 0.4) is 0 Å². The van der Waals surface area contributed by atoms with Crippen LogP contribution in [0, 0.1) is 5.92 Å². The Morgan fingerprint density at radius 1 is 1.44 bits per heavy atom. The predicted octanol–water partition coefficient (Wildman–Crippen LogP) is 2.27. The normalized spacial score (nSPS) is 23.7. The Balaban J connectivity index is 2.14. The van der Waals surface area contributed by atoms with Crippen molar-refractivity contribution in [3.63, 3.8) is 0 Å². The van der Waals surface area contributed by atoms with Gasteiger partial charge in [-0.2, -0.15) is 0 Å². The maximum atomic E-state index is 12.1. The van der Waals surface area contributed by atoms with Crippen LogP contribution in [0.2, 0.25) is 8.67 Å². The van der Waals surface area contributed by atoms with Gasteiger partial charge in [-0.1, -0.05) is 35.4 Å². The van der Waals surface area contributed by atoms with Gasteiger partial charge in [0.05, 0.1) is 4.34 Å². The fraction of sp³-hybridized carbons (Fsp3) is 0.400. The van der Waals surface area contributed by atoms with Gasteiger partial charge in [-0.15, -0.1) is 11.3 Å². The zero-order valence-corrected chi connectivity index (χ0v) is 12.3. The van der Waals surface area contributed by atoms with E-state index in [1.54, 1.807) is 12.2 Å². The molecule has 0 amide bonds. The number of hydrogen-bond donors (Lipinski definition) is 2. The Labute approximate surface area is 119 Å². The molecule has 1 aromatic rings. The first-order valence-corrected chi connectivity index (χ1v) is 8.24. The first kappa shape index (κ1) is 14.3. The minimum atomic E-state index is -3.67. The Morgan fingerprint density at radius 3 is 2.67 bits per heavy atom. The van der Waals surface area contributed by atoms with Crippen LogP contribution in [0.1, 0.15) is 6.42 Å². The van der Waals surface area contributed by atoms with E-state index in [4.69, 9.17) is 28.3 Å². The van der Waals surface area contributed by atoms with Crippen LogP contribution in [0.5, 0.6) is 0 Å². The van der Waals surface area contributed by atoms with E-state index in [1.165, 1.54) is 6.07 Å². The number of aliphatic hydroxyl groups is 1. The predicted molar refractivity (Wildman–Crippen MR) is 72.8 cm³/mol. The maximum absolute atomic E-state index is 12.1. The van der Waals surface area contributed by atoms with Gasteiger partial charge in [-0.25, -0.2) is 13.1 Å². The molecule has 0 spiro atoms. The van der Waals surface area contributed by atoms with Crippen molar-refractivity contribution >= 4 is 44.6 Å². The average Bonchev–Trinajstić information content (AvgIpc) is 2.84. The summed E-state index contributed by atoms with van der Waals surface area (Å²) in [7, 11) is -3.67. The third-order valence-electron chi connectivity index (χ3n) is 2.63. The molecule has 0 aliphatic heterocycles. The van der Waals surface area contributed by atoms with Crippen LogP contribution in [0.4, 0.5) is 0 Å². The van der Waals surface area contributed by atoms with Crippen LogP contribution >= 0.6 is 34.5 Å². The number of halogens is 2. The van der Waals surface area contributed by atoms with Gasteiger partial charge in [0.25, 0.3) is 0 Å². The lowest BCUT2D eigenvalue weighted by Crippen LogP contribution is -2.32. The highest BCUT2D eigenvalue weighted by Crippen LogP contribution is 2.34. The maximum Gasteiger partial charge on any atom is 0.243 e. The SMILES string of the molecule is O=S(=O)(N[C@@H]1C=C[C@H](CO)C1)c1cc(Cl)sc1Cl. The molecule has 1 aromatic heterocycles. The smallest absolute Gasteiger partial charge is 0.243 e. The number of hydrogen-bond acceptors (Lipinski definition) is 4. The molecule has 1 heterocycles. The number of sulfonamides is 1. The summed E-state index contributed by atoms with van der Waals surface area (Å²) in [6.07, 6.45) is 4.08. The zero-order chi connectivity index (χ0) is 13.3. The number of rotatable bonds is 4. The van der Waals surface area contributed by atoms with Gasteiger partial charge in [0, 0.05) is 18.6 Å². The van der Waals surface area contributed by atoms with E-state index in [0.29, 0.717) is 10.8 Å². The molecule has 0 saturated heterocycles. The number of nitrogens with one attached hydrogen (secondary N) is 1. The van der Waals surface area contributed by atoms with Gasteiger partial charge in [0.1, 0.15) is 9.23 Å². The van der Waals surface area contributed by atoms with E-state index in [1.807, 2.05) is 0 Å². The highest BCUT2D eigenvalue weighted by molar-refractivity contribution is 7.89. The van der Waals surface area contributed by atoms with E-state index in [2.05, 4.69) is 4.72 Å². The second kappa shape index (κ2) is 5.48. The van der Waals surface area contributed by atoms with Crippen molar-refractivity contribution < 1.29 is 13.5 Å². The largest absolute Gasteiger partial charge is 0.396 e. The zero-order valence-electron chi connectivity index (χ0n) is 9.14. The molecule has 0 aromatic carbocycles. The minimum Gasteiger partial charge on any atom is -0.396 e. The third kappa shape index (κ3) is 3.07. The lowest BCUT2D eigenvalue weighted by atomic mass is 10.1. The second-order valence-corrected chi connectivity index (χ2v) is 7.95. The van der Waals surface area contributed by atoms with Crippen molar-refractivity contribution in [2.75, 3.05) is 6.61 Å². The summed E-state index contributed by atoms with van der Waals surface area (Å²) in [5.74, 6) is -0.000709. The van der Waals surface area contributed by atoms with Crippen molar-refractivity contribution in [3.8, 4) is 0 Å². The molecule has 2 atom stereocenters. The van der Waals surface area contributed by atoms with Gasteiger partial charge in [0.15, 0.2) is 0 Å². The van der Waals surface area contributed by atoms with Gasteiger partial charge in [0.2, 0.25) is 10.0 Å². The van der Waals surface area contributed by atoms with Crippen molar-refractivity contribution in [3.05, 3.63) is 26.9 Å². The molecule has 1 aliphatic carbocycles. The quantitative estimate of drug-likeness (QED) is 0.833. The summed E-state index contributed by atoms with van der Waals surface area (Å²) in [5.41, 5.74) is 0. The van der Waals surface area contributed by atoms with Gasteiger partial charge in [-0.05, 0) is 12.5 Å². The molecule has 2 N–H and O–H groups in total. The van der Waals surface area contributed by atoms with Gasteiger partial charge in [-0.3, -0.25) is 0 Å². The first-order chi connectivity index (χ1) is 8.42. The molecule has 18 heavy (non-hydrogen) atoms. The molecule has 8 heteroatoms. The van der Waals surface area contributed by atoms with Gasteiger partial charge >= 0.3 is 0 Å². The summed E-state index contributed by atoms with van der Waals surface area (Å²) in [5, 5.41) is 8.98. The summed E-state index contributed by atoms with van der Waals surface area (Å²) in [6, 6.07) is 1.01. The van der Waals surface area contributed by atoms with Crippen molar-refractivity contribution in [2.45, 2.75) is 17.4 Å². The fourth-order valence-corrected chi connectivity index (χ4v) is 5.12. The van der Waals surface area contributed by atoms with E-state index in [9.17, 15) is 8.42 Å². The topological polar surface area (TPSA) is 66.4 Å². The highest BCUT2D eigenvalue weighted by atomic mass is 35.5. The number of thiophene rings is 1. The van der Waals surface area contributed by atoms with Crippen LogP contribution in [0.15, 0.2) is 23.1 Å². The Bertz CT molecular complexity index is 568.